The minimum atomic E-state index is 0.546. The van der Waals surface area contributed by atoms with Crippen molar-refractivity contribution in [3.05, 3.63) is 23.3 Å². The van der Waals surface area contributed by atoms with Gasteiger partial charge in [0.15, 0.2) is 11.5 Å². The van der Waals surface area contributed by atoms with E-state index in [9.17, 15) is 0 Å². The van der Waals surface area contributed by atoms with Crippen molar-refractivity contribution < 1.29 is 14.2 Å². The summed E-state index contributed by atoms with van der Waals surface area (Å²) in [6.45, 7) is 7.35. The summed E-state index contributed by atoms with van der Waals surface area (Å²) in [7, 11) is 3.45. The number of morpholine rings is 1. The molecule has 1 aliphatic carbocycles. The summed E-state index contributed by atoms with van der Waals surface area (Å²) in [5, 5.41) is 0. The maximum Gasteiger partial charge on any atom is 0.161 e. The topological polar surface area (TPSA) is 34.2 Å². The molecule has 3 aliphatic rings. The molecular formula is C20H30N2O3. The predicted molar refractivity (Wildman–Crippen MR) is 97.5 cm³/mol. The average Bonchev–Trinajstić information content (AvgIpc) is 3.50. The van der Waals surface area contributed by atoms with Gasteiger partial charge in [-0.3, -0.25) is 9.80 Å². The van der Waals surface area contributed by atoms with E-state index in [-0.39, 0.29) is 0 Å². The Balaban J connectivity index is 1.52. The number of fused-ring (bicyclic) bond motifs is 1. The van der Waals surface area contributed by atoms with Crippen molar-refractivity contribution in [3.8, 4) is 11.5 Å². The Morgan fingerprint density at radius 3 is 2.40 bits per heavy atom. The second kappa shape index (κ2) is 7.52. The maximum absolute atomic E-state index is 5.58. The summed E-state index contributed by atoms with van der Waals surface area (Å²) < 4.78 is 16.6. The van der Waals surface area contributed by atoms with Crippen LogP contribution in [0.5, 0.6) is 11.5 Å². The van der Waals surface area contributed by atoms with E-state index in [0.29, 0.717) is 6.04 Å². The van der Waals surface area contributed by atoms with Crippen molar-refractivity contribution in [1.29, 1.82) is 0 Å². The van der Waals surface area contributed by atoms with Gasteiger partial charge in [-0.15, -0.1) is 0 Å². The smallest absolute Gasteiger partial charge is 0.161 e. The van der Waals surface area contributed by atoms with Gasteiger partial charge in [0.25, 0.3) is 0 Å². The summed E-state index contributed by atoms with van der Waals surface area (Å²) in [5.74, 6) is 2.53. The van der Waals surface area contributed by atoms with Gasteiger partial charge in [-0.1, -0.05) is 0 Å². The first-order valence-corrected chi connectivity index (χ1v) is 9.59. The third-order valence-corrected chi connectivity index (χ3v) is 5.90. The van der Waals surface area contributed by atoms with Gasteiger partial charge in [0.1, 0.15) is 0 Å². The number of benzene rings is 1. The molecule has 0 aromatic heterocycles. The molecule has 1 aromatic carbocycles. The highest BCUT2D eigenvalue weighted by Crippen LogP contribution is 2.49. The van der Waals surface area contributed by atoms with Gasteiger partial charge in [0.05, 0.1) is 27.4 Å². The molecular weight excluding hydrogens is 316 g/mol. The normalized spacial score (nSPS) is 24.8. The van der Waals surface area contributed by atoms with E-state index in [1.165, 1.54) is 24.0 Å². The Kier molecular flexibility index (Phi) is 5.15. The monoisotopic (exact) mass is 346 g/mol. The Hall–Kier alpha value is -1.30. The van der Waals surface area contributed by atoms with Gasteiger partial charge >= 0.3 is 0 Å². The van der Waals surface area contributed by atoms with Crippen molar-refractivity contribution in [2.24, 2.45) is 5.92 Å². The van der Waals surface area contributed by atoms with Crippen LogP contribution in [0.1, 0.15) is 30.0 Å². The second-order valence-corrected chi connectivity index (χ2v) is 7.43. The molecule has 0 spiro atoms. The van der Waals surface area contributed by atoms with Crippen LogP contribution in [0.4, 0.5) is 0 Å². The average molecular weight is 346 g/mol. The zero-order valence-electron chi connectivity index (χ0n) is 15.5. The highest BCUT2D eigenvalue weighted by Gasteiger charge is 2.40. The van der Waals surface area contributed by atoms with E-state index in [2.05, 4.69) is 21.9 Å². The lowest BCUT2D eigenvalue weighted by Crippen LogP contribution is -2.44. The van der Waals surface area contributed by atoms with E-state index in [1.807, 2.05) is 0 Å². The molecule has 138 valence electrons. The molecule has 1 saturated carbocycles. The van der Waals surface area contributed by atoms with Gasteiger partial charge in [-0.2, -0.15) is 0 Å². The molecule has 25 heavy (non-hydrogen) atoms. The lowest BCUT2D eigenvalue weighted by Gasteiger charge is -2.39. The van der Waals surface area contributed by atoms with Gasteiger partial charge in [0.2, 0.25) is 0 Å². The number of hydrogen-bond donors (Lipinski definition) is 0. The quantitative estimate of drug-likeness (QED) is 0.790. The first-order chi connectivity index (χ1) is 12.3. The van der Waals surface area contributed by atoms with Crippen LogP contribution < -0.4 is 9.47 Å². The van der Waals surface area contributed by atoms with E-state index in [0.717, 1.165) is 69.8 Å². The molecule has 1 atom stereocenters. The van der Waals surface area contributed by atoms with Crippen LogP contribution in [0.2, 0.25) is 0 Å². The maximum atomic E-state index is 5.58. The summed E-state index contributed by atoms with van der Waals surface area (Å²) in [4.78, 5) is 5.25. The van der Waals surface area contributed by atoms with E-state index in [1.54, 1.807) is 14.2 Å². The minimum absolute atomic E-state index is 0.546. The van der Waals surface area contributed by atoms with Gasteiger partial charge < -0.3 is 14.2 Å². The minimum Gasteiger partial charge on any atom is -0.493 e. The molecule has 0 N–H and O–H groups in total. The van der Waals surface area contributed by atoms with E-state index in [4.69, 9.17) is 14.2 Å². The standard InChI is InChI=1S/C20H30N2O3/c1-23-18-13-16-5-6-22(8-7-21-9-11-25-12-10-21)20(15-3-4-15)17(16)14-19(18)24-2/h13-15,20H,3-12H2,1-2H3. The number of methoxy groups -OCH3 is 2. The van der Waals surface area contributed by atoms with Crippen molar-refractivity contribution in [3.63, 3.8) is 0 Å². The van der Waals surface area contributed by atoms with Crippen LogP contribution in [0.15, 0.2) is 12.1 Å². The number of rotatable bonds is 6. The number of ether oxygens (including phenoxy) is 3. The predicted octanol–water partition coefficient (Wildman–Crippen LogP) is 2.35. The summed E-state index contributed by atoms with van der Waals surface area (Å²) in [6.07, 6.45) is 3.81. The Morgan fingerprint density at radius 2 is 1.72 bits per heavy atom. The molecule has 0 radical (unpaired) electrons. The fourth-order valence-corrected chi connectivity index (χ4v) is 4.34. The summed E-state index contributed by atoms with van der Waals surface area (Å²) in [5.41, 5.74) is 2.91. The van der Waals surface area contributed by atoms with Crippen LogP contribution in [0.3, 0.4) is 0 Å². The van der Waals surface area contributed by atoms with Crippen LogP contribution in [-0.4, -0.2) is 70.0 Å². The molecule has 1 saturated heterocycles. The molecule has 2 fully saturated rings. The lowest BCUT2D eigenvalue weighted by molar-refractivity contribution is 0.0291. The van der Waals surface area contributed by atoms with Gasteiger partial charge in [-0.25, -0.2) is 0 Å². The van der Waals surface area contributed by atoms with E-state index < -0.39 is 0 Å². The first kappa shape index (κ1) is 17.1. The Labute approximate surface area is 150 Å². The Bertz CT molecular complexity index is 597. The van der Waals surface area contributed by atoms with Crippen molar-refractivity contribution >= 4 is 0 Å². The van der Waals surface area contributed by atoms with Gasteiger partial charge in [-0.05, 0) is 48.4 Å². The van der Waals surface area contributed by atoms with Crippen molar-refractivity contribution in [2.45, 2.75) is 25.3 Å². The lowest BCUT2D eigenvalue weighted by atomic mass is 9.89. The number of nitrogens with zero attached hydrogens (tertiary/aromatic N) is 2. The molecule has 5 nitrogen and oxygen atoms in total. The molecule has 2 heterocycles. The third kappa shape index (κ3) is 3.64. The molecule has 1 aromatic rings. The van der Waals surface area contributed by atoms with Gasteiger partial charge in [0, 0.05) is 38.8 Å². The van der Waals surface area contributed by atoms with Crippen LogP contribution in [0, 0.1) is 5.92 Å². The molecule has 1 unspecified atom stereocenters. The highest BCUT2D eigenvalue weighted by molar-refractivity contribution is 5.49. The van der Waals surface area contributed by atoms with Crippen LogP contribution in [0.25, 0.3) is 0 Å². The number of hydrogen-bond acceptors (Lipinski definition) is 5. The molecule has 4 rings (SSSR count). The van der Waals surface area contributed by atoms with Crippen LogP contribution >= 0.6 is 0 Å². The molecule has 0 amide bonds. The summed E-state index contributed by atoms with van der Waals surface area (Å²) in [6, 6.07) is 4.98. The SMILES string of the molecule is COc1cc2c(cc1OC)C(C1CC1)N(CCN1CCOCC1)CC2. The summed E-state index contributed by atoms with van der Waals surface area (Å²) >= 11 is 0. The second-order valence-electron chi connectivity index (χ2n) is 7.43. The Morgan fingerprint density at radius 1 is 1.00 bits per heavy atom. The highest BCUT2D eigenvalue weighted by atomic mass is 16.5. The fraction of sp³-hybridized carbons (Fsp3) is 0.700. The molecule has 5 heteroatoms. The zero-order chi connectivity index (χ0) is 17.2. The van der Waals surface area contributed by atoms with Crippen LogP contribution in [-0.2, 0) is 11.2 Å². The van der Waals surface area contributed by atoms with Crippen molar-refractivity contribution in [2.75, 3.05) is 60.2 Å². The zero-order valence-corrected chi connectivity index (χ0v) is 15.5. The fourth-order valence-electron chi connectivity index (χ4n) is 4.34. The largest absolute Gasteiger partial charge is 0.493 e. The van der Waals surface area contributed by atoms with E-state index >= 15 is 0 Å². The first-order valence-electron chi connectivity index (χ1n) is 9.59. The van der Waals surface area contributed by atoms with Crippen molar-refractivity contribution in [1.82, 2.24) is 9.80 Å². The molecule has 2 aliphatic heterocycles. The molecule has 0 bridgehead atoms. The third-order valence-electron chi connectivity index (χ3n) is 5.90.